The van der Waals surface area contributed by atoms with E-state index in [1.165, 1.54) is 66.4 Å². The summed E-state index contributed by atoms with van der Waals surface area (Å²) in [5.41, 5.74) is 9.65. The predicted molar refractivity (Wildman–Crippen MR) is 285 cm³/mol. The fourth-order valence-corrected chi connectivity index (χ4v) is 8.73. The van der Waals surface area contributed by atoms with Crippen LogP contribution in [0.15, 0.2) is 84.9 Å². The van der Waals surface area contributed by atoms with Gasteiger partial charge in [0.05, 0.1) is 26.4 Å². The van der Waals surface area contributed by atoms with Crippen molar-refractivity contribution in [3.05, 3.63) is 84.9 Å². The first kappa shape index (κ1) is 52.6. The predicted octanol–water partition coefficient (Wildman–Crippen LogP) is 8.02. The number of hydrogen-bond donors (Lipinski definition) is 2. The fourth-order valence-electron chi connectivity index (χ4n) is 8.73. The molecule has 0 radical (unpaired) electrons. The first-order chi connectivity index (χ1) is 33.4. The first-order valence-corrected chi connectivity index (χ1v) is 25.2. The van der Waals surface area contributed by atoms with Gasteiger partial charge >= 0.3 is 0 Å². The third-order valence-corrected chi connectivity index (χ3v) is 12.8. The van der Waals surface area contributed by atoms with Gasteiger partial charge in [0, 0.05) is 177 Å². The summed E-state index contributed by atoms with van der Waals surface area (Å²) in [7, 11) is 16.6. The topological polar surface area (TPSA) is 107 Å². The lowest BCUT2D eigenvalue weighted by molar-refractivity contribution is -0.646. The van der Waals surface area contributed by atoms with Crippen molar-refractivity contribution in [1.82, 2.24) is 10.6 Å². The smallest absolute Gasteiger partial charge is 0.219 e. The van der Waals surface area contributed by atoms with E-state index in [2.05, 4.69) is 181 Å². The summed E-state index contributed by atoms with van der Waals surface area (Å²) < 4.78 is 22.0. The number of nitrogens with zero attached hydrogens (tertiary/aromatic N) is 6. The molecule has 6 rings (SSSR count). The van der Waals surface area contributed by atoms with E-state index in [0.717, 1.165) is 64.5 Å². The zero-order valence-electron chi connectivity index (χ0n) is 42.9. The third-order valence-electron chi connectivity index (χ3n) is 12.8. The van der Waals surface area contributed by atoms with Gasteiger partial charge in [-0.15, -0.1) is 0 Å². The molecule has 0 saturated heterocycles. The molecule has 2 amide bonds. The Morgan fingerprint density at radius 1 is 0.391 bits per heavy atom. The van der Waals surface area contributed by atoms with Gasteiger partial charge in [0.1, 0.15) is 13.1 Å². The van der Waals surface area contributed by atoms with E-state index in [1.54, 1.807) is 0 Å². The van der Waals surface area contributed by atoms with Crippen LogP contribution in [0, 0.1) is 0 Å². The van der Waals surface area contributed by atoms with Crippen LogP contribution in [0.4, 0.5) is 22.7 Å². The molecule has 0 aliphatic heterocycles. The lowest BCUT2D eigenvalue weighted by Gasteiger charge is -2.15. The molecular formula is C56H80N8O5+2. The SMILES string of the molecule is CN(C)c1ccc2cc3ccc(N(C)C)cc3[n+](CCCCCC(=O)NCCCOCCOCCOCCCNC(=O)CCCCC[n+]3c4cc(N(C)C)ccc4cc4ccc(N(C)C)cc43)c2c1. The van der Waals surface area contributed by atoms with Crippen molar-refractivity contribution in [1.29, 1.82) is 0 Å². The van der Waals surface area contributed by atoms with E-state index in [1.807, 2.05) is 0 Å². The number of aromatic nitrogens is 2. The number of nitrogens with one attached hydrogen (secondary N) is 2. The summed E-state index contributed by atoms with van der Waals surface area (Å²) in [6.45, 7) is 6.15. The summed E-state index contributed by atoms with van der Waals surface area (Å²) in [5.74, 6) is 0.196. The molecular weight excluding hydrogens is 865 g/mol. The van der Waals surface area contributed by atoms with Crippen LogP contribution < -0.4 is 39.4 Å². The number of ether oxygens (including phenoxy) is 3. The van der Waals surface area contributed by atoms with Crippen LogP contribution in [0.2, 0.25) is 0 Å². The van der Waals surface area contributed by atoms with Crippen molar-refractivity contribution in [2.45, 2.75) is 77.3 Å². The molecule has 2 N–H and O–H groups in total. The van der Waals surface area contributed by atoms with Crippen LogP contribution in [-0.2, 0) is 36.9 Å². The van der Waals surface area contributed by atoms with Crippen molar-refractivity contribution in [2.24, 2.45) is 0 Å². The molecule has 0 fully saturated rings. The Kier molecular flexibility index (Phi) is 20.5. The van der Waals surface area contributed by atoms with Crippen molar-refractivity contribution in [2.75, 3.05) is 129 Å². The number of anilines is 4. The van der Waals surface area contributed by atoms with E-state index in [9.17, 15) is 9.59 Å². The second-order valence-corrected chi connectivity index (χ2v) is 19.0. The summed E-state index contributed by atoms with van der Waals surface area (Å²) in [6, 6.07) is 31.3. The maximum atomic E-state index is 12.6. The van der Waals surface area contributed by atoms with E-state index < -0.39 is 0 Å². The molecule has 0 unspecified atom stereocenters. The van der Waals surface area contributed by atoms with Crippen LogP contribution in [0.1, 0.15) is 64.2 Å². The number of amides is 2. The maximum Gasteiger partial charge on any atom is 0.219 e. The Morgan fingerprint density at radius 3 is 1.00 bits per heavy atom. The molecule has 0 aliphatic rings. The Hall–Kier alpha value is -5.76. The van der Waals surface area contributed by atoms with Crippen LogP contribution >= 0.6 is 0 Å². The Bertz CT molecular complexity index is 2290. The number of unbranched alkanes of at least 4 members (excludes halogenated alkanes) is 4. The number of aryl methyl sites for hydroxylation is 2. The van der Waals surface area contributed by atoms with Gasteiger partial charge in [-0.3, -0.25) is 9.59 Å². The van der Waals surface area contributed by atoms with Gasteiger partial charge in [-0.05, 0) is 99.2 Å². The van der Waals surface area contributed by atoms with Gasteiger partial charge in [0.15, 0.2) is 0 Å². The molecule has 2 aromatic heterocycles. The summed E-state index contributed by atoms with van der Waals surface area (Å²) in [4.78, 5) is 33.7. The molecule has 0 spiro atoms. The van der Waals surface area contributed by atoms with Gasteiger partial charge in [0.25, 0.3) is 0 Å². The number of hydrogen-bond acceptors (Lipinski definition) is 9. The van der Waals surface area contributed by atoms with E-state index in [-0.39, 0.29) is 11.8 Å². The highest BCUT2D eigenvalue weighted by molar-refractivity contribution is 5.92. The van der Waals surface area contributed by atoms with Gasteiger partial charge in [-0.2, -0.15) is 9.13 Å². The molecule has 69 heavy (non-hydrogen) atoms. The second kappa shape index (κ2) is 26.8. The molecule has 2 heterocycles. The number of rotatable bonds is 30. The van der Waals surface area contributed by atoms with Crippen molar-refractivity contribution < 1.29 is 32.9 Å². The van der Waals surface area contributed by atoms with Gasteiger partial charge < -0.3 is 44.4 Å². The number of fused-ring (bicyclic) bond motifs is 4. The fraction of sp³-hybridized carbons (Fsp3) is 0.500. The van der Waals surface area contributed by atoms with Gasteiger partial charge in [-0.25, -0.2) is 0 Å². The molecule has 4 aromatic carbocycles. The highest BCUT2D eigenvalue weighted by Gasteiger charge is 2.20. The lowest BCUT2D eigenvalue weighted by Crippen LogP contribution is -2.36. The number of pyridine rings is 2. The standard InChI is InChI=1S/C56H78N8O5/c1-59(2)47-23-19-43-37-44-20-24-48(60(3)4)40-52(44)63(51(43)39-47)29-13-9-11-17-55(65)57-27-15-31-67-33-35-69-36-34-68-32-16-28-58-56(66)18-12-10-14-30-64-53-41-49(61(5)6)25-21-45(53)38-46-22-26-50(62(7)8)42-54(46)64/h19-26,37-42H,9-18,27-36H2,1-8H3/p+2. The minimum absolute atomic E-state index is 0.0982. The van der Waals surface area contributed by atoms with Crippen LogP contribution in [0.3, 0.4) is 0 Å². The molecule has 0 aliphatic carbocycles. The average Bonchev–Trinajstić information content (AvgIpc) is 3.33. The van der Waals surface area contributed by atoms with E-state index >= 15 is 0 Å². The Labute approximate surface area is 411 Å². The van der Waals surface area contributed by atoms with Gasteiger partial charge in [-0.1, -0.05) is 0 Å². The van der Waals surface area contributed by atoms with Crippen LogP contribution in [0.25, 0.3) is 43.6 Å². The molecule has 0 bridgehead atoms. The maximum absolute atomic E-state index is 12.6. The largest absolute Gasteiger partial charge is 0.379 e. The van der Waals surface area contributed by atoms with Gasteiger partial charge in [0.2, 0.25) is 33.9 Å². The highest BCUT2D eigenvalue weighted by Crippen LogP contribution is 2.27. The number of carbonyl (C=O) groups excluding carboxylic acids is 2. The zero-order valence-corrected chi connectivity index (χ0v) is 42.9. The third kappa shape index (κ3) is 15.6. The molecule has 6 aromatic rings. The van der Waals surface area contributed by atoms with Crippen molar-refractivity contribution in [3.63, 3.8) is 0 Å². The Morgan fingerprint density at radius 2 is 0.696 bits per heavy atom. The quantitative estimate of drug-likeness (QED) is 0.0264. The van der Waals surface area contributed by atoms with Crippen LogP contribution in [0.5, 0.6) is 0 Å². The van der Waals surface area contributed by atoms with Crippen molar-refractivity contribution >= 4 is 78.2 Å². The molecule has 0 atom stereocenters. The molecule has 13 nitrogen and oxygen atoms in total. The first-order valence-electron chi connectivity index (χ1n) is 25.2. The average molecular weight is 945 g/mol. The number of carbonyl (C=O) groups is 2. The summed E-state index contributed by atoms with van der Waals surface area (Å²) >= 11 is 0. The molecule has 13 heteroatoms. The molecule has 372 valence electrons. The zero-order chi connectivity index (χ0) is 49.1. The normalized spacial score (nSPS) is 11.5. The number of benzene rings is 4. The van der Waals surface area contributed by atoms with E-state index in [4.69, 9.17) is 14.2 Å². The van der Waals surface area contributed by atoms with Crippen LogP contribution in [-0.4, -0.2) is 121 Å². The highest BCUT2D eigenvalue weighted by atomic mass is 16.5. The minimum atomic E-state index is 0.0982. The monoisotopic (exact) mass is 945 g/mol. The molecule has 0 saturated carbocycles. The Balaban J connectivity index is 0.749. The summed E-state index contributed by atoms with van der Waals surface area (Å²) in [5, 5.41) is 11.0. The minimum Gasteiger partial charge on any atom is -0.379 e. The lowest BCUT2D eigenvalue weighted by atomic mass is 10.1. The van der Waals surface area contributed by atoms with E-state index in [0.29, 0.717) is 65.6 Å². The second-order valence-electron chi connectivity index (χ2n) is 19.0. The van der Waals surface area contributed by atoms with Crippen molar-refractivity contribution in [3.8, 4) is 0 Å². The summed E-state index contributed by atoms with van der Waals surface area (Å²) in [6.07, 6.45) is 8.27.